The number of hydrogen-bond donors (Lipinski definition) is 2. The van der Waals surface area contributed by atoms with E-state index < -0.39 is 0 Å². The second kappa shape index (κ2) is 2.44. The summed E-state index contributed by atoms with van der Waals surface area (Å²) in [7, 11) is 3.77. The summed E-state index contributed by atoms with van der Waals surface area (Å²) < 4.78 is 0. The highest BCUT2D eigenvalue weighted by Crippen LogP contribution is 1.39. The average molecular weight is 102 g/mol. The summed E-state index contributed by atoms with van der Waals surface area (Å²) in [6.07, 6.45) is 0. The van der Waals surface area contributed by atoms with E-state index in [4.69, 9.17) is 5.73 Å². The van der Waals surface area contributed by atoms with Gasteiger partial charge in [0.2, 0.25) is 0 Å². The third-order valence-electron chi connectivity index (χ3n) is 0.400. The molecule has 42 valence electrons. The van der Waals surface area contributed by atoms with Crippen molar-refractivity contribution in [3.8, 4) is 0 Å². The largest absolute Gasteiger partial charge is 0.290 e. The van der Waals surface area contributed by atoms with Gasteiger partial charge < -0.3 is 0 Å². The number of hydrazine groups is 1. The van der Waals surface area contributed by atoms with Crippen LogP contribution in [0.5, 0.6) is 0 Å². The lowest BCUT2D eigenvalue weighted by molar-refractivity contribution is -0.632. The molecule has 0 aliphatic rings. The molecule has 0 spiro atoms. The Balaban J connectivity index is 3.45. The van der Waals surface area contributed by atoms with E-state index in [1.165, 1.54) is 0 Å². The van der Waals surface area contributed by atoms with E-state index in [1.54, 1.807) is 11.9 Å². The molecule has 0 aliphatic carbocycles. The Morgan fingerprint density at radius 2 is 2.00 bits per heavy atom. The van der Waals surface area contributed by atoms with Gasteiger partial charge in [-0.1, -0.05) is 0 Å². The predicted molar refractivity (Wildman–Crippen MR) is 29.5 cm³/mol. The maximum absolute atomic E-state index is 5.26. The van der Waals surface area contributed by atoms with Crippen molar-refractivity contribution in [1.82, 2.24) is 5.01 Å². The number of hydrazone groups is 1. The highest BCUT2D eigenvalue weighted by molar-refractivity contribution is 5.70. The molecule has 0 radical (unpaired) electrons. The van der Waals surface area contributed by atoms with Gasteiger partial charge in [0.25, 0.3) is 5.84 Å². The highest BCUT2D eigenvalue weighted by atomic mass is 15.4. The molecule has 3 N–H and O–H groups in total. The van der Waals surface area contributed by atoms with Crippen LogP contribution in [0.4, 0.5) is 0 Å². The Hall–Kier alpha value is -0.730. The molecule has 0 aromatic carbocycles. The number of amidine groups is 1. The molecule has 0 aromatic rings. The van der Waals surface area contributed by atoms with Gasteiger partial charge in [0.1, 0.15) is 0 Å². The molecule has 0 bridgehead atoms. The van der Waals surface area contributed by atoms with Crippen molar-refractivity contribution < 1.29 is 5.10 Å². The molecule has 0 amide bonds. The first kappa shape index (κ1) is 6.27. The number of hydrogen-bond acceptors (Lipinski definition) is 1. The third kappa shape index (κ3) is 5.27. The molecule has 0 atom stereocenters. The van der Waals surface area contributed by atoms with Crippen molar-refractivity contribution in [1.29, 1.82) is 0 Å². The van der Waals surface area contributed by atoms with E-state index in [0.29, 0.717) is 5.84 Å². The molecular formula is C4H12N3+. The molecule has 0 aromatic heterocycles. The SMILES string of the molecule is C/C(N)=[NH+]/N(C)C. The Labute approximate surface area is 43.8 Å². The first-order valence-electron chi connectivity index (χ1n) is 2.16. The fraction of sp³-hybridized carbons (Fsp3) is 0.750. The molecule has 0 saturated carbocycles. The molecule has 7 heavy (non-hydrogen) atoms. The van der Waals surface area contributed by atoms with Gasteiger partial charge in [-0.15, -0.1) is 0 Å². The summed E-state index contributed by atoms with van der Waals surface area (Å²) in [4.78, 5) is 0. The van der Waals surface area contributed by atoms with E-state index in [1.807, 2.05) is 14.1 Å². The summed E-state index contributed by atoms with van der Waals surface area (Å²) in [5, 5.41) is 4.62. The van der Waals surface area contributed by atoms with Crippen molar-refractivity contribution >= 4 is 5.84 Å². The number of nitrogens with one attached hydrogen (secondary N) is 1. The van der Waals surface area contributed by atoms with Crippen LogP contribution in [-0.4, -0.2) is 24.9 Å². The van der Waals surface area contributed by atoms with Gasteiger partial charge in [-0.05, 0) is 0 Å². The Bertz CT molecular complexity index is 71.0. The smallest absolute Gasteiger partial charge is 0.260 e. The van der Waals surface area contributed by atoms with Crippen molar-refractivity contribution in [3.05, 3.63) is 0 Å². The van der Waals surface area contributed by atoms with Crippen molar-refractivity contribution in [3.63, 3.8) is 0 Å². The number of nitrogens with zero attached hydrogens (tertiary/aromatic N) is 1. The van der Waals surface area contributed by atoms with Crippen LogP contribution < -0.4 is 10.8 Å². The van der Waals surface area contributed by atoms with Crippen molar-refractivity contribution in [2.45, 2.75) is 6.92 Å². The van der Waals surface area contributed by atoms with Crippen LogP contribution in [0.15, 0.2) is 0 Å². The maximum atomic E-state index is 5.26. The molecule has 0 saturated heterocycles. The van der Waals surface area contributed by atoms with Crippen LogP contribution in [0.1, 0.15) is 6.92 Å². The first-order valence-corrected chi connectivity index (χ1v) is 2.16. The molecular weight excluding hydrogens is 90.1 g/mol. The van der Waals surface area contributed by atoms with E-state index >= 15 is 0 Å². The topological polar surface area (TPSA) is 43.2 Å². The maximum Gasteiger partial charge on any atom is 0.260 e. The van der Waals surface area contributed by atoms with E-state index in [9.17, 15) is 0 Å². The van der Waals surface area contributed by atoms with Gasteiger partial charge in [0.15, 0.2) is 0 Å². The van der Waals surface area contributed by atoms with Gasteiger partial charge in [-0.25, -0.2) is 0 Å². The van der Waals surface area contributed by atoms with Crippen LogP contribution >= 0.6 is 0 Å². The lowest BCUT2D eigenvalue weighted by Gasteiger charge is -1.98. The summed E-state index contributed by atoms with van der Waals surface area (Å²) in [5.74, 6) is 0.713. The van der Waals surface area contributed by atoms with Gasteiger partial charge in [0, 0.05) is 21.0 Å². The third-order valence-corrected chi connectivity index (χ3v) is 0.400. The highest BCUT2D eigenvalue weighted by Gasteiger charge is 1.82. The zero-order valence-electron chi connectivity index (χ0n) is 5.02. The fourth-order valence-electron chi connectivity index (χ4n) is 0.353. The summed E-state index contributed by atoms with van der Waals surface area (Å²) >= 11 is 0. The Morgan fingerprint density at radius 3 is 2.00 bits per heavy atom. The molecule has 0 fully saturated rings. The summed E-state index contributed by atoms with van der Waals surface area (Å²) in [5.41, 5.74) is 5.26. The fourth-order valence-corrected chi connectivity index (χ4v) is 0.353. The molecule has 0 aliphatic heterocycles. The van der Waals surface area contributed by atoms with Gasteiger partial charge in [-0.2, -0.15) is 5.10 Å². The Kier molecular flexibility index (Phi) is 2.19. The normalized spacial score (nSPS) is 11.6. The van der Waals surface area contributed by atoms with Gasteiger partial charge >= 0.3 is 0 Å². The van der Waals surface area contributed by atoms with E-state index in [2.05, 4.69) is 5.10 Å². The average Bonchev–Trinajstić information content (AvgIpc) is 1.27. The zero-order chi connectivity index (χ0) is 5.86. The molecule has 3 heteroatoms. The minimum absolute atomic E-state index is 0.713. The van der Waals surface area contributed by atoms with Crippen molar-refractivity contribution in [2.24, 2.45) is 5.73 Å². The number of rotatable bonds is 1. The predicted octanol–water partition coefficient (Wildman–Crippen LogP) is -2.08. The molecule has 0 unspecified atom stereocenters. The quantitative estimate of drug-likeness (QED) is 0.227. The second-order valence-corrected chi connectivity index (χ2v) is 1.69. The van der Waals surface area contributed by atoms with Crippen molar-refractivity contribution in [2.75, 3.05) is 14.1 Å². The summed E-state index contributed by atoms with van der Waals surface area (Å²) in [6.45, 7) is 1.81. The molecule has 0 heterocycles. The Morgan fingerprint density at radius 1 is 1.57 bits per heavy atom. The van der Waals surface area contributed by atoms with E-state index in [0.717, 1.165) is 0 Å². The van der Waals surface area contributed by atoms with Crippen LogP contribution in [0, 0.1) is 0 Å². The van der Waals surface area contributed by atoms with Gasteiger partial charge in [0.05, 0.1) is 0 Å². The van der Waals surface area contributed by atoms with Crippen LogP contribution in [0.2, 0.25) is 0 Å². The lowest BCUT2D eigenvalue weighted by Crippen LogP contribution is -2.82. The molecule has 0 rings (SSSR count). The van der Waals surface area contributed by atoms with Crippen LogP contribution in [0.25, 0.3) is 0 Å². The monoisotopic (exact) mass is 102 g/mol. The van der Waals surface area contributed by atoms with Crippen LogP contribution in [0.3, 0.4) is 0 Å². The van der Waals surface area contributed by atoms with Gasteiger partial charge in [-0.3, -0.25) is 10.7 Å². The zero-order valence-corrected chi connectivity index (χ0v) is 5.02. The molecule has 3 nitrogen and oxygen atoms in total. The first-order chi connectivity index (χ1) is 3.13. The second-order valence-electron chi connectivity index (χ2n) is 1.69. The van der Waals surface area contributed by atoms with E-state index in [-0.39, 0.29) is 0 Å². The minimum Gasteiger partial charge on any atom is -0.290 e. The lowest BCUT2D eigenvalue weighted by atomic mass is 10.7. The summed E-state index contributed by atoms with van der Waals surface area (Å²) in [6, 6.07) is 0. The standard InChI is InChI=1S/C4H11N3/c1-4(5)6-7(2)3/h1-3H3,(H2,5,6)/p+1. The number of nitrogens with two attached hydrogens (primary N) is 1. The van der Waals surface area contributed by atoms with Crippen LogP contribution in [-0.2, 0) is 0 Å². The minimum atomic E-state index is 0.713.